The lowest BCUT2D eigenvalue weighted by Crippen LogP contribution is -2.70. The largest absolute Gasteiger partial charge is 0.508 e. The number of aliphatic hydroxyl groups is 4. The molecule has 352 valence electrons. The number of carbonyl (C=O) groups is 7. The molecule has 0 spiro atoms. The van der Waals surface area contributed by atoms with Gasteiger partial charge in [-0.05, 0) is 20.8 Å². The molecule has 1 aliphatic carbocycles. The van der Waals surface area contributed by atoms with Gasteiger partial charge in [0.05, 0.1) is 24.5 Å². The number of allylic oxidation sites excluding steroid dienone is 1. The lowest BCUT2D eigenvalue weighted by Gasteiger charge is -2.52. The van der Waals surface area contributed by atoms with E-state index in [4.69, 9.17) is 50.8 Å². The SMILES string of the molecule is CC=C(NC(=S)SCC(NC(C)=O)C(=O)O)C(=O)O[C@H]1[C@@H](O[C@H]2C[C@H](OC)[C@@](O)(C(C)OC(=O)C(C)C)[C@H](C)O2)[C@@H](O)C(C2(O)CC(=O)C(=N)C(C(=O)O)=C2O)O[C@@H]1COC(C)=O. The molecule has 0 aromatic carbocycles. The van der Waals surface area contributed by atoms with Crippen LogP contribution >= 0.6 is 24.0 Å². The molecule has 0 radical (unpaired) electrons. The van der Waals surface area contributed by atoms with Crippen molar-refractivity contribution in [1.82, 2.24) is 10.6 Å². The Morgan fingerprint density at radius 1 is 1.08 bits per heavy atom. The first-order valence-electron chi connectivity index (χ1n) is 19.3. The zero-order chi connectivity index (χ0) is 47.9. The number of hydrogen-bond donors (Lipinski definition) is 9. The highest BCUT2D eigenvalue weighted by Gasteiger charge is 2.62. The number of thioether (sulfide) groups is 1. The smallest absolute Gasteiger partial charge is 0.354 e. The molecule has 0 bridgehead atoms. The average Bonchev–Trinajstić information content (AvgIpc) is 3.19. The summed E-state index contributed by atoms with van der Waals surface area (Å²) in [5.74, 6) is -10.3. The summed E-state index contributed by atoms with van der Waals surface area (Å²) < 4.78 is 40.1. The maximum absolute atomic E-state index is 13.9. The highest BCUT2D eigenvalue weighted by Crippen LogP contribution is 2.42. The third kappa shape index (κ3) is 12.2. The van der Waals surface area contributed by atoms with Crippen LogP contribution in [0.25, 0.3) is 0 Å². The maximum atomic E-state index is 13.9. The number of methoxy groups -OCH3 is 1. The van der Waals surface area contributed by atoms with Gasteiger partial charge in [0, 0.05) is 33.1 Å². The minimum atomic E-state index is -3.10. The van der Waals surface area contributed by atoms with Crippen molar-refractivity contribution in [2.45, 2.75) is 134 Å². The van der Waals surface area contributed by atoms with Crippen LogP contribution < -0.4 is 10.6 Å². The van der Waals surface area contributed by atoms with E-state index in [0.29, 0.717) is 0 Å². The van der Waals surface area contributed by atoms with Crippen LogP contribution in [0.5, 0.6) is 0 Å². The summed E-state index contributed by atoms with van der Waals surface area (Å²) in [6.45, 7) is 8.64. The zero-order valence-electron chi connectivity index (χ0n) is 35.5. The van der Waals surface area contributed by atoms with Gasteiger partial charge < -0.3 is 74.4 Å². The topological polar surface area (TPSA) is 353 Å². The van der Waals surface area contributed by atoms with Crippen molar-refractivity contribution in [2.75, 3.05) is 19.5 Å². The Hall–Kier alpha value is -4.60. The lowest BCUT2D eigenvalue weighted by molar-refractivity contribution is -0.345. The number of aliphatic hydroxyl groups excluding tert-OH is 2. The van der Waals surface area contributed by atoms with Gasteiger partial charge in [0.15, 0.2) is 29.4 Å². The molecule has 0 saturated carbocycles. The van der Waals surface area contributed by atoms with Gasteiger partial charge in [-0.1, -0.05) is 43.9 Å². The Morgan fingerprint density at radius 3 is 2.24 bits per heavy atom. The monoisotopic (exact) mass is 935 g/mol. The fourth-order valence-corrected chi connectivity index (χ4v) is 8.04. The van der Waals surface area contributed by atoms with E-state index in [2.05, 4.69) is 10.6 Å². The van der Waals surface area contributed by atoms with Crippen LogP contribution in [0.1, 0.15) is 61.3 Å². The summed E-state index contributed by atoms with van der Waals surface area (Å²) in [4.78, 5) is 86.7. The maximum Gasteiger partial charge on any atom is 0.354 e. The average molecular weight is 936 g/mol. The summed E-state index contributed by atoms with van der Waals surface area (Å²) in [5, 5.41) is 79.0. The van der Waals surface area contributed by atoms with Crippen molar-refractivity contribution < 1.29 is 97.4 Å². The van der Waals surface area contributed by atoms with Crippen molar-refractivity contribution in [3.63, 3.8) is 0 Å². The van der Waals surface area contributed by atoms with Gasteiger partial charge >= 0.3 is 29.8 Å². The van der Waals surface area contributed by atoms with E-state index < -0.39 is 150 Å². The third-order valence-electron chi connectivity index (χ3n) is 10.4. The van der Waals surface area contributed by atoms with Gasteiger partial charge in [-0.3, -0.25) is 24.6 Å². The molecule has 25 heteroatoms. The van der Waals surface area contributed by atoms with Gasteiger partial charge in [0.25, 0.3) is 0 Å². The highest BCUT2D eigenvalue weighted by atomic mass is 32.2. The number of ketones is 1. The molecule has 0 aromatic rings. The number of nitrogens with one attached hydrogen (secondary N) is 3. The molecule has 3 rings (SSSR count). The van der Waals surface area contributed by atoms with Gasteiger partial charge in [0.1, 0.15) is 70.2 Å². The van der Waals surface area contributed by atoms with Crippen molar-refractivity contribution in [3.8, 4) is 0 Å². The van der Waals surface area contributed by atoms with Crippen molar-refractivity contribution in [2.24, 2.45) is 5.92 Å². The number of carbonyl (C=O) groups excluding carboxylic acids is 5. The summed E-state index contributed by atoms with van der Waals surface area (Å²) in [7, 11) is 1.24. The Morgan fingerprint density at radius 2 is 1.71 bits per heavy atom. The quantitative estimate of drug-likeness (QED) is 0.0372. The number of rotatable bonds is 17. The number of carboxylic acids is 2. The van der Waals surface area contributed by atoms with E-state index in [1.165, 1.54) is 34.0 Å². The van der Waals surface area contributed by atoms with Gasteiger partial charge in [0.2, 0.25) is 5.91 Å². The van der Waals surface area contributed by atoms with Crippen LogP contribution in [0, 0.1) is 11.3 Å². The lowest BCUT2D eigenvalue weighted by atomic mass is 9.74. The van der Waals surface area contributed by atoms with Crippen LogP contribution in [0.15, 0.2) is 23.1 Å². The number of aliphatic carboxylic acids is 2. The Kier molecular flexibility index (Phi) is 18.3. The first-order valence-corrected chi connectivity index (χ1v) is 20.7. The van der Waals surface area contributed by atoms with Crippen LogP contribution in [0.3, 0.4) is 0 Å². The van der Waals surface area contributed by atoms with E-state index in [1.54, 1.807) is 13.8 Å². The molecule has 2 heterocycles. The Bertz CT molecular complexity index is 1890. The molecule has 23 nitrogen and oxygen atoms in total. The summed E-state index contributed by atoms with van der Waals surface area (Å²) >= 11 is 6.02. The summed E-state index contributed by atoms with van der Waals surface area (Å²) in [6.07, 6.45) is -15.9. The minimum absolute atomic E-state index is 0.164. The number of amides is 1. The molecule has 2 saturated heterocycles. The summed E-state index contributed by atoms with van der Waals surface area (Å²) in [5.41, 5.74) is -7.97. The van der Waals surface area contributed by atoms with E-state index in [0.717, 1.165) is 25.6 Å². The number of carboxylic acid groups (broad SMARTS) is 2. The van der Waals surface area contributed by atoms with Crippen LogP contribution in [0.4, 0.5) is 0 Å². The first-order chi connectivity index (χ1) is 29.2. The molecule has 63 heavy (non-hydrogen) atoms. The van der Waals surface area contributed by atoms with Crippen molar-refractivity contribution in [3.05, 3.63) is 23.1 Å². The van der Waals surface area contributed by atoms with Crippen molar-refractivity contribution >= 4 is 75.5 Å². The number of thiocarbonyl (C=S) groups is 1. The van der Waals surface area contributed by atoms with E-state index >= 15 is 0 Å². The van der Waals surface area contributed by atoms with E-state index in [-0.39, 0.29) is 22.2 Å². The number of hydrogen-bond acceptors (Lipinski definition) is 21. The molecule has 1 amide bonds. The molecule has 3 aliphatic rings. The Balaban J connectivity index is 2.11. The third-order valence-corrected chi connectivity index (χ3v) is 11.7. The molecular formula is C38H53N3O20S2. The summed E-state index contributed by atoms with van der Waals surface area (Å²) in [6, 6.07) is -1.36. The van der Waals surface area contributed by atoms with Crippen molar-refractivity contribution in [1.29, 1.82) is 5.41 Å². The zero-order valence-corrected chi connectivity index (χ0v) is 37.1. The molecule has 4 unspecified atom stereocenters. The fraction of sp³-hybridized carbons (Fsp3) is 0.658. The second kappa shape index (κ2) is 21.9. The van der Waals surface area contributed by atoms with Crippen LogP contribution in [-0.2, 0) is 66.7 Å². The second-order valence-electron chi connectivity index (χ2n) is 15.1. The first kappa shape index (κ1) is 52.7. The molecule has 2 fully saturated rings. The van der Waals surface area contributed by atoms with Crippen LogP contribution in [0.2, 0.25) is 0 Å². The van der Waals surface area contributed by atoms with Gasteiger partial charge in [-0.25, -0.2) is 14.4 Å². The number of esters is 3. The number of ether oxygens (including phenoxy) is 7. The molecule has 9 N–H and O–H groups in total. The predicted octanol–water partition coefficient (Wildman–Crippen LogP) is -0.835. The highest BCUT2D eigenvalue weighted by molar-refractivity contribution is 8.23. The second-order valence-corrected chi connectivity index (χ2v) is 16.8. The van der Waals surface area contributed by atoms with E-state index in [1.807, 2.05) is 0 Å². The van der Waals surface area contributed by atoms with Crippen LogP contribution in [-0.4, -0.2) is 174 Å². The van der Waals surface area contributed by atoms with E-state index in [9.17, 15) is 64.2 Å². The fourth-order valence-electron chi connectivity index (χ4n) is 7.00. The Labute approximate surface area is 370 Å². The minimum Gasteiger partial charge on any atom is -0.508 e. The molecule has 12 atom stereocenters. The number of Topliss-reactive ketones (excluding diaryl/α,β-unsaturated/α-hetero) is 1. The molecular weight excluding hydrogens is 883 g/mol. The van der Waals surface area contributed by atoms with Gasteiger partial charge in [-0.2, -0.15) is 0 Å². The standard InChI is InChI=1S/C38H53N3O20S2/c1-9-19(41-36(62)63-13-20(32(47)48)40-17(6)42)35(52)61-28-22(12-56-18(7)43)59-31(37(53)11-21(44)26(39)25(30(37)46)33(49)50)27(45)29(28)60-24-10-23(55-8)38(54,15(4)57-24)16(5)58-34(51)14(2)3/h9,14-16,20,22-24,27-29,31,39,45-46,53-54H,10-13H2,1-8H3,(H,40,42)(H,41,62)(H,47,48)(H,49,50)/t15-,16?,20?,22+,23-,24-,27+,28+,29-,31?,37?,38-/m0/s1. The molecule has 0 aromatic heterocycles. The predicted molar refractivity (Wildman–Crippen MR) is 218 cm³/mol. The van der Waals surface area contributed by atoms with Gasteiger partial charge in [-0.15, -0.1) is 0 Å². The molecule has 2 aliphatic heterocycles. The normalized spacial score (nSPS) is 31.1.